The molecular weight excluding hydrogens is 543 g/mol. The number of alkyl halides is 3. The van der Waals surface area contributed by atoms with Crippen molar-refractivity contribution in [2.75, 3.05) is 37.0 Å². The SMILES string of the molecule is C[C@@H]1CCC[N@+]1(C(N)=O)C1CCC(CN(C)c2nc(N(C)Cc3ccccc3OC(F)(F)F)ncc2[N+](=O)[O-])CC1. The molecule has 224 valence electrons. The molecular formula is C27H37F3N7O4+. The Morgan fingerprint density at radius 1 is 1.17 bits per heavy atom. The van der Waals surface area contributed by atoms with Gasteiger partial charge in [0.1, 0.15) is 11.9 Å². The topological polar surface area (TPSA) is 128 Å². The summed E-state index contributed by atoms with van der Waals surface area (Å²) in [5, 5.41) is 11.8. The maximum Gasteiger partial charge on any atom is 0.573 e. The van der Waals surface area contributed by atoms with E-state index >= 15 is 0 Å². The second-order valence-corrected chi connectivity index (χ2v) is 11.2. The number of quaternary nitrogens is 1. The molecule has 1 saturated carbocycles. The molecule has 2 aromatic rings. The van der Waals surface area contributed by atoms with Gasteiger partial charge in [0.2, 0.25) is 11.8 Å². The maximum absolute atomic E-state index is 12.9. The molecule has 2 fully saturated rings. The highest BCUT2D eigenvalue weighted by Gasteiger charge is 2.51. The number of nitro groups is 1. The van der Waals surface area contributed by atoms with Crippen LogP contribution in [0.15, 0.2) is 30.5 Å². The quantitative estimate of drug-likeness (QED) is 0.250. The fourth-order valence-electron chi connectivity index (χ4n) is 6.55. The molecule has 2 aliphatic rings. The van der Waals surface area contributed by atoms with Crippen LogP contribution in [0.1, 0.15) is 51.0 Å². The van der Waals surface area contributed by atoms with Gasteiger partial charge in [-0.15, -0.1) is 13.2 Å². The van der Waals surface area contributed by atoms with Crippen molar-refractivity contribution in [3.63, 3.8) is 0 Å². The number of amides is 2. The number of likely N-dealkylation sites (tertiary alicyclic amines) is 1. The van der Waals surface area contributed by atoms with Gasteiger partial charge in [0.15, 0.2) is 0 Å². The molecule has 1 aliphatic heterocycles. The summed E-state index contributed by atoms with van der Waals surface area (Å²) < 4.78 is 43.1. The Kier molecular flexibility index (Phi) is 8.90. The molecule has 2 atom stereocenters. The van der Waals surface area contributed by atoms with Crippen LogP contribution in [-0.4, -0.2) is 71.0 Å². The first-order chi connectivity index (χ1) is 19.3. The van der Waals surface area contributed by atoms with E-state index in [4.69, 9.17) is 5.73 Å². The van der Waals surface area contributed by atoms with Crippen molar-refractivity contribution in [3.8, 4) is 5.75 Å². The van der Waals surface area contributed by atoms with Gasteiger partial charge in [-0.25, -0.2) is 14.3 Å². The number of nitrogens with zero attached hydrogens (tertiary/aromatic N) is 6. The summed E-state index contributed by atoms with van der Waals surface area (Å²) in [6.07, 6.45) is 1.67. The number of anilines is 2. The third kappa shape index (κ3) is 6.63. The number of halogens is 3. The Bertz CT molecular complexity index is 1260. The molecule has 0 radical (unpaired) electrons. The lowest BCUT2D eigenvalue weighted by atomic mass is 9.83. The van der Waals surface area contributed by atoms with E-state index in [1.54, 1.807) is 25.1 Å². The summed E-state index contributed by atoms with van der Waals surface area (Å²) in [6.45, 7) is 3.38. The van der Waals surface area contributed by atoms with Gasteiger partial charge in [-0.3, -0.25) is 10.1 Å². The van der Waals surface area contributed by atoms with E-state index in [-0.39, 0.29) is 59.3 Å². The Labute approximate surface area is 236 Å². The summed E-state index contributed by atoms with van der Waals surface area (Å²) in [4.78, 5) is 35.6. The lowest BCUT2D eigenvalue weighted by molar-refractivity contribution is -0.886. The Morgan fingerprint density at radius 3 is 2.44 bits per heavy atom. The monoisotopic (exact) mass is 580 g/mol. The minimum Gasteiger partial charge on any atom is -0.405 e. The van der Waals surface area contributed by atoms with Crippen LogP contribution in [0.2, 0.25) is 0 Å². The van der Waals surface area contributed by atoms with Crippen LogP contribution < -0.4 is 20.3 Å². The van der Waals surface area contributed by atoms with Crippen LogP contribution in [0.3, 0.4) is 0 Å². The minimum absolute atomic E-state index is 0.0183. The third-order valence-corrected chi connectivity index (χ3v) is 8.59. The van der Waals surface area contributed by atoms with Crippen LogP contribution in [-0.2, 0) is 6.54 Å². The average Bonchev–Trinajstić information content (AvgIpc) is 3.31. The molecule has 2 amide bonds. The lowest BCUT2D eigenvalue weighted by Gasteiger charge is -2.44. The highest BCUT2D eigenvalue weighted by molar-refractivity contribution is 5.65. The van der Waals surface area contributed by atoms with Gasteiger partial charge in [0.05, 0.1) is 23.6 Å². The highest BCUT2D eigenvalue weighted by atomic mass is 19.4. The van der Waals surface area contributed by atoms with Crippen molar-refractivity contribution >= 4 is 23.5 Å². The number of benzene rings is 1. The Hall–Kier alpha value is -3.68. The molecule has 0 bridgehead atoms. The standard InChI is InChI=1S/C27H36F3N7O4/c1-18-7-6-14-37(18,25(31)38)21-12-10-19(11-13-21)16-34(2)24-22(36(39)40)15-32-26(33-24)35(3)17-20-8-4-5-9-23(20)41-27(28,29)30/h4-5,8-9,15,18-19,21H,6-7,10-14,16-17H2,1-3H3,(H-,31,38)/p+1/t18-,19?,21?,37-/m1/s1. The van der Waals surface area contributed by atoms with Crippen LogP contribution in [0, 0.1) is 16.0 Å². The molecule has 11 nitrogen and oxygen atoms in total. The van der Waals surface area contributed by atoms with E-state index in [9.17, 15) is 28.1 Å². The van der Waals surface area contributed by atoms with Crippen molar-refractivity contribution in [2.24, 2.45) is 11.7 Å². The van der Waals surface area contributed by atoms with Gasteiger partial charge in [0, 0.05) is 58.4 Å². The first-order valence-corrected chi connectivity index (χ1v) is 13.8. The van der Waals surface area contributed by atoms with Crippen LogP contribution in [0.5, 0.6) is 5.75 Å². The Balaban J connectivity index is 1.47. The third-order valence-electron chi connectivity index (χ3n) is 8.59. The number of hydrogen-bond donors (Lipinski definition) is 1. The first kappa shape index (κ1) is 30.3. The van der Waals surface area contributed by atoms with E-state index in [1.165, 1.54) is 23.1 Å². The molecule has 1 aliphatic carbocycles. The first-order valence-electron chi connectivity index (χ1n) is 13.8. The van der Waals surface area contributed by atoms with Gasteiger partial charge >= 0.3 is 18.1 Å². The second-order valence-electron chi connectivity index (χ2n) is 11.2. The normalized spacial score (nSPS) is 24.6. The molecule has 0 spiro atoms. The number of primary amides is 1. The maximum atomic E-state index is 12.9. The number of nitrogens with two attached hydrogens (primary N) is 1. The Morgan fingerprint density at radius 2 is 1.85 bits per heavy atom. The van der Waals surface area contributed by atoms with E-state index < -0.39 is 11.3 Å². The summed E-state index contributed by atoms with van der Waals surface area (Å²) in [6, 6.07) is 5.89. The number of hydrogen-bond acceptors (Lipinski definition) is 8. The molecule has 14 heteroatoms. The number of ether oxygens (including phenoxy) is 1. The molecule has 0 unspecified atom stereocenters. The predicted octanol–water partition coefficient (Wildman–Crippen LogP) is 4.99. The molecule has 1 saturated heterocycles. The number of carbonyl (C=O) groups excluding carboxylic acids is 1. The lowest BCUT2D eigenvalue weighted by Crippen LogP contribution is -2.64. The van der Waals surface area contributed by atoms with E-state index in [0.29, 0.717) is 11.0 Å². The molecule has 2 N–H and O–H groups in total. The minimum atomic E-state index is -4.84. The van der Waals surface area contributed by atoms with Gasteiger partial charge in [-0.05, 0) is 31.7 Å². The molecule has 1 aromatic heterocycles. The summed E-state index contributed by atoms with van der Waals surface area (Å²) in [5.41, 5.74) is 5.89. The van der Waals surface area contributed by atoms with Crippen molar-refractivity contribution in [1.29, 1.82) is 0 Å². The van der Waals surface area contributed by atoms with Crippen molar-refractivity contribution in [3.05, 3.63) is 46.1 Å². The predicted molar refractivity (Wildman–Crippen MR) is 146 cm³/mol. The van der Waals surface area contributed by atoms with E-state index in [2.05, 4.69) is 21.6 Å². The van der Waals surface area contributed by atoms with E-state index in [0.717, 1.165) is 51.3 Å². The average molecular weight is 581 g/mol. The highest BCUT2D eigenvalue weighted by Crippen LogP contribution is 2.39. The van der Waals surface area contributed by atoms with Gasteiger partial charge < -0.3 is 20.3 Å². The number of urea groups is 1. The van der Waals surface area contributed by atoms with Gasteiger partial charge in [-0.1, -0.05) is 18.2 Å². The molecule has 41 heavy (non-hydrogen) atoms. The summed E-state index contributed by atoms with van der Waals surface area (Å²) in [7, 11) is 3.32. The number of aromatic nitrogens is 2. The molecule has 1 aromatic carbocycles. The van der Waals surface area contributed by atoms with Crippen molar-refractivity contribution < 1.29 is 32.1 Å². The number of para-hydroxylation sites is 1. The summed E-state index contributed by atoms with van der Waals surface area (Å²) in [5.74, 6) is 0.149. The van der Waals surface area contributed by atoms with E-state index in [1.807, 2.05) is 0 Å². The van der Waals surface area contributed by atoms with Crippen LogP contribution in [0.4, 0.5) is 35.4 Å². The smallest absolute Gasteiger partial charge is 0.405 e. The number of carbonyl (C=O) groups is 1. The fourth-order valence-corrected chi connectivity index (χ4v) is 6.55. The van der Waals surface area contributed by atoms with Crippen LogP contribution in [0.25, 0.3) is 0 Å². The largest absolute Gasteiger partial charge is 0.573 e. The van der Waals surface area contributed by atoms with Crippen LogP contribution >= 0.6 is 0 Å². The zero-order chi connectivity index (χ0) is 29.9. The number of rotatable bonds is 9. The van der Waals surface area contributed by atoms with Gasteiger partial charge in [-0.2, -0.15) is 4.98 Å². The fraction of sp³-hybridized carbons (Fsp3) is 0.593. The zero-order valence-corrected chi connectivity index (χ0v) is 23.5. The summed E-state index contributed by atoms with van der Waals surface area (Å²) >= 11 is 0. The second kappa shape index (κ2) is 12.0. The molecule has 2 heterocycles. The van der Waals surface area contributed by atoms with Crippen molar-refractivity contribution in [2.45, 2.75) is 70.4 Å². The van der Waals surface area contributed by atoms with Gasteiger partial charge in [0.25, 0.3) is 0 Å². The zero-order valence-electron chi connectivity index (χ0n) is 23.5. The van der Waals surface area contributed by atoms with Crippen molar-refractivity contribution in [1.82, 2.24) is 9.97 Å². The molecule has 4 rings (SSSR count).